The highest BCUT2D eigenvalue weighted by atomic mass is 32.1. The lowest BCUT2D eigenvalue weighted by molar-refractivity contribution is 0.0685. The maximum Gasteiger partial charge on any atom is 0.335 e. The number of nitrogens with zero attached hydrogens (tertiary/aromatic N) is 6. The van der Waals surface area contributed by atoms with Gasteiger partial charge in [0.2, 0.25) is 9.54 Å². The van der Waals surface area contributed by atoms with Crippen LogP contribution >= 0.6 is 24.4 Å². The molecular weight excluding hydrogens is 1130 g/mol. The van der Waals surface area contributed by atoms with E-state index in [0.29, 0.717) is 44.8 Å². The Morgan fingerprint density at radius 2 is 0.857 bits per heavy atom. The number of aromatic nitrogens is 8. The molecule has 6 aromatic carbocycles. The van der Waals surface area contributed by atoms with Crippen molar-refractivity contribution in [1.29, 1.82) is 0 Å². The molecule has 10 rings (SSSR count). The van der Waals surface area contributed by atoms with Crippen molar-refractivity contribution in [1.82, 2.24) is 60.4 Å². The number of carboxylic acid groups (broad SMARTS) is 2. The maximum absolute atomic E-state index is 13.3. The third-order valence-corrected chi connectivity index (χ3v) is 13.4. The summed E-state index contributed by atoms with van der Waals surface area (Å²) in [5.41, 5.74) is 13.0. The number of nitrogen functional groups attached to an aromatic ring is 2. The molecule has 4 heterocycles. The smallest absolute Gasteiger partial charge is 0.335 e. The van der Waals surface area contributed by atoms with Gasteiger partial charge in [-0.05, 0) is 120 Å². The number of nitrogens with two attached hydrogens (primary N) is 2. The van der Waals surface area contributed by atoms with Gasteiger partial charge in [0, 0.05) is 37.6 Å². The number of H-pyrrole nitrogens is 2. The summed E-state index contributed by atoms with van der Waals surface area (Å²) in [5.74, 6) is -4.38. The topological polar surface area (TPSA) is 427 Å². The quantitative estimate of drug-likeness (QED) is 0.0433. The molecule has 4 aromatic heterocycles. The zero-order valence-electron chi connectivity index (χ0n) is 43.7. The molecule has 0 atom stereocenters. The van der Waals surface area contributed by atoms with Crippen LogP contribution in [-0.4, -0.2) is 84.9 Å². The van der Waals surface area contributed by atoms with Crippen LogP contribution in [0.2, 0.25) is 0 Å². The monoisotopic (exact) mass is 1170 g/mol. The molecule has 0 aliphatic heterocycles. The van der Waals surface area contributed by atoms with Crippen molar-refractivity contribution >= 4 is 106 Å². The molecule has 10 aromatic rings. The van der Waals surface area contributed by atoms with Crippen LogP contribution in [0.5, 0.6) is 0 Å². The Morgan fingerprint density at radius 1 is 0.500 bits per heavy atom. The van der Waals surface area contributed by atoms with Crippen molar-refractivity contribution in [3.63, 3.8) is 0 Å². The first-order valence-electron chi connectivity index (χ1n) is 24.7. The second kappa shape index (κ2) is 23.7. The number of amides is 4. The summed E-state index contributed by atoms with van der Waals surface area (Å²) in [6, 6.07) is 25.6. The van der Waals surface area contributed by atoms with Crippen molar-refractivity contribution in [2.75, 3.05) is 22.1 Å². The number of carboxylic acids is 2. The summed E-state index contributed by atoms with van der Waals surface area (Å²) in [6.45, 7) is 3.64. The standard InChI is InChI=1S/2C27H22N8O6S/c1-12-7-14(5-6-16(12)25(40)41)11-29-23(38)17-9-18(35-26(32-17)33-34-27(35)42)24(39)30-10-13-3-2-4-15(8-13)31-20-19(28)21(36)22(20)37;1-12-7-14(5-6-16(12)25(40)41)11-30-24(39)18-9-17(32-26-33-34-27(42)35(18)26)23(38)29-10-13-3-2-4-15(8-13)31-20-19(28)21(36)22(20)37/h2*2-9,31H,10-11,28H2,1H3,(H,29,38)(H,30,39)(H,34,42)(H,40,41). The van der Waals surface area contributed by atoms with Crippen LogP contribution in [0, 0.1) is 23.4 Å². The highest BCUT2D eigenvalue weighted by molar-refractivity contribution is 7.71. The first-order chi connectivity index (χ1) is 40.1. The Morgan fingerprint density at radius 3 is 1.20 bits per heavy atom. The van der Waals surface area contributed by atoms with Crippen LogP contribution < -0.4 is 65.1 Å². The molecule has 84 heavy (non-hydrogen) atoms. The molecule has 0 fully saturated rings. The second-order valence-corrected chi connectivity index (χ2v) is 19.3. The zero-order valence-corrected chi connectivity index (χ0v) is 45.3. The number of aromatic carboxylic acids is 2. The molecule has 0 aliphatic carbocycles. The fraction of sp³-hybridized carbons (Fsp3) is 0.111. The van der Waals surface area contributed by atoms with Gasteiger partial charge in [0.05, 0.1) is 11.1 Å². The highest BCUT2D eigenvalue weighted by Gasteiger charge is 2.23. The number of carbonyl (C=O) groups is 6. The lowest BCUT2D eigenvalue weighted by atomic mass is 10.1. The summed E-state index contributed by atoms with van der Waals surface area (Å²) in [4.78, 5) is 129. The van der Waals surface area contributed by atoms with Gasteiger partial charge in [-0.2, -0.15) is 0 Å². The van der Waals surface area contributed by atoms with Gasteiger partial charge in [0.15, 0.2) is 0 Å². The number of hydrogen-bond donors (Lipinski definition) is 12. The number of rotatable bonds is 18. The lowest BCUT2D eigenvalue weighted by Gasteiger charge is -2.12. The minimum atomic E-state index is -1.04. The van der Waals surface area contributed by atoms with E-state index in [0.717, 1.165) is 0 Å². The maximum atomic E-state index is 13.3. The molecule has 14 N–H and O–H groups in total. The molecule has 30 heteroatoms. The van der Waals surface area contributed by atoms with Gasteiger partial charge in [0.1, 0.15) is 45.5 Å². The van der Waals surface area contributed by atoms with E-state index in [2.05, 4.69) is 62.3 Å². The number of anilines is 6. The largest absolute Gasteiger partial charge is 0.478 e. The molecule has 0 radical (unpaired) electrons. The van der Waals surface area contributed by atoms with Crippen LogP contribution in [-0.2, 0) is 26.2 Å². The number of nitrogens with one attached hydrogen (secondary N) is 8. The van der Waals surface area contributed by atoms with Crippen molar-refractivity contribution in [2.24, 2.45) is 0 Å². The van der Waals surface area contributed by atoms with Gasteiger partial charge >= 0.3 is 11.9 Å². The van der Waals surface area contributed by atoms with Crippen molar-refractivity contribution in [3.05, 3.63) is 215 Å². The molecule has 4 amide bonds. The summed E-state index contributed by atoms with van der Waals surface area (Å²) in [7, 11) is 0. The van der Waals surface area contributed by atoms with Crippen LogP contribution in [0.25, 0.3) is 11.6 Å². The first-order valence-corrected chi connectivity index (χ1v) is 25.5. The van der Waals surface area contributed by atoms with Gasteiger partial charge in [-0.15, -0.1) is 10.2 Å². The number of aryl methyl sites for hydroxylation is 2. The number of benzene rings is 4. The third-order valence-electron chi connectivity index (χ3n) is 12.9. The van der Waals surface area contributed by atoms with Gasteiger partial charge in [-0.1, -0.05) is 48.5 Å². The Balaban J connectivity index is 0.000000202. The summed E-state index contributed by atoms with van der Waals surface area (Å²) < 4.78 is 2.78. The lowest BCUT2D eigenvalue weighted by Crippen LogP contribution is -2.36. The van der Waals surface area contributed by atoms with Gasteiger partial charge in [0.25, 0.3) is 56.9 Å². The van der Waals surface area contributed by atoms with E-state index < -0.39 is 57.3 Å². The second-order valence-electron chi connectivity index (χ2n) is 18.6. The molecule has 424 valence electrons. The van der Waals surface area contributed by atoms with E-state index in [-0.39, 0.29) is 104 Å². The zero-order chi connectivity index (χ0) is 60.3. The average Bonchev–Trinajstić information content (AvgIpc) is 2.16. The molecule has 0 saturated heterocycles. The van der Waals surface area contributed by atoms with E-state index in [1.807, 2.05) is 0 Å². The summed E-state index contributed by atoms with van der Waals surface area (Å²) >= 11 is 10.5. The normalized spacial score (nSPS) is 11.0. The third kappa shape index (κ3) is 12.0. The van der Waals surface area contributed by atoms with Crippen molar-refractivity contribution in [3.8, 4) is 0 Å². The molecule has 28 nitrogen and oxygen atoms in total. The van der Waals surface area contributed by atoms with Crippen LogP contribution in [0.15, 0.2) is 116 Å². The molecule has 0 unspecified atom stereocenters. The van der Waals surface area contributed by atoms with E-state index in [1.165, 1.54) is 33.1 Å². The summed E-state index contributed by atoms with van der Waals surface area (Å²) in [6.07, 6.45) is 0. The van der Waals surface area contributed by atoms with Gasteiger partial charge in [-0.25, -0.2) is 38.6 Å². The predicted molar refractivity (Wildman–Crippen MR) is 308 cm³/mol. The van der Waals surface area contributed by atoms with Gasteiger partial charge < -0.3 is 53.6 Å². The van der Waals surface area contributed by atoms with E-state index in [4.69, 9.17) is 35.9 Å². The predicted octanol–water partition coefficient (Wildman–Crippen LogP) is 3.15. The fourth-order valence-corrected chi connectivity index (χ4v) is 8.96. The van der Waals surface area contributed by atoms with Crippen molar-refractivity contribution in [2.45, 2.75) is 40.0 Å². The fourth-order valence-electron chi connectivity index (χ4n) is 8.51. The number of hydrogen-bond acceptors (Lipinski definition) is 20. The van der Waals surface area contributed by atoms with Crippen LogP contribution in [0.3, 0.4) is 0 Å². The highest BCUT2D eigenvalue weighted by Crippen LogP contribution is 2.22. The van der Waals surface area contributed by atoms with Crippen LogP contribution in [0.4, 0.5) is 34.1 Å². The Labute approximate surface area is 480 Å². The summed E-state index contributed by atoms with van der Waals surface area (Å²) in [5, 5.41) is 48.1. The van der Waals surface area contributed by atoms with Gasteiger partial charge in [-0.3, -0.25) is 38.4 Å². The van der Waals surface area contributed by atoms with E-state index in [1.54, 1.807) is 86.6 Å². The van der Waals surface area contributed by atoms with E-state index in [9.17, 15) is 58.2 Å². The minimum absolute atomic E-state index is 0.0104. The molecular formula is C54H44N16O12S2. The van der Waals surface area contributed by atoms with Crippen molar-refractivity contribution < 1.29 is 39.0 Å². The Bertz CT molecular complexity index is 4660. The Kier molecular flexibility index (Phi) is 16.2. The number of aromatic amines is 2. The molecule has 0 saturated carbocycles. The van der Waals surface area contributed by atoms with Crippen LogP contribution in [0.1, 0.15) is 96.1 Å². The molecule has 0 spiro atoms. The average molecular weight is 1170 g/mol. The Hall–Kier alpha value is -11.4. The van der Waals surface area contributed by atoms with E-state index >= 15 is 0 Å². The SMILES string of the molecule is Cc1cc(CNC(=O)c2cc(C(=O)NCc3cccc(Nc4c(N)c(=O)c4=O)c3)n3c(=S)[nH]nc3n2)ccc1C(=O)O.Cc1cc(CNC(=O)c2cc(C(=O)NCc3cccc(Nc4c(N)c(=O)c4=O)c3)nc3n[nH]c(=S)n23)ccc1C(=O)O. The minimum Gasteiger partial charge on any atom is -0.478 e. The molecule has 0 bridgehead atoms. The number of carbonyl (C=O) groups excluding carboxylic acids is 4. The number of fused-ring (bicyclic) bond motifs is 2. The first kappa shape index (κ1) is 57.3. The molecule has 0 aliphatic rings.